The van der Waals surface area contributed by atoms with Crippen LogP contribution in [0.25, 0.3) is 10.2 Å². The maximum atomic E-state index is 11.7. The lowest BCUT2D eigenvalue weighted by atomic mass is 10.3. The van der Waals surface area contributed by atoms with Crippen molar-refractivity contribution in [3.63, 3.8) is 0 Å². The Balaban J connectivity index is 1.75. The molecule has 0 radical (unpaired) electrons. The fraction of sp³-hybridized carbons (Fsp3) is 0.462. The number of halogens is 1. The van der Waals surface area contributed by atoms with E-state index in [0.717, 1.165) is 32.9 Å². The van der Waals surface area contributed by atoms with Gasteiger partial charge in [-0.15, -0.1) is 11.3 Å². The van der Waals surface area contributed by atoms with Crippen molar-refractivity contribution in [3.05, 3.63) is 16.2 Å². The molecule has 1 aliphatic heterocycles. The topological polar surface area (TPSA) is 58.6 Å². The van der Waals surface area contributed by atoms with Crippen molar-refractivity contribution in [1.82, 2.24) is 14.9 Å². The fourth-order valence-corrected chi connectivity index (χ4v) is 3.91. The van der Waals surface area contributed by atoms with Crippen molar-refractivity contribution >= 4 is 49.4 Å². The largest absolute Gasteiger partial charge is 0.450 e. The Hall–Kier alpha value is -1.41. The van der Waals surface area contributed by atoms with E-state index >= 15 is 0 Å². The highest BCUT2D eigenvalue weighted by atomic mass is 79.9. The van der Waals surface area contributed by atoms with Crippen LogP contribution in [0.15, 0.2) is 16.2 Å². The summed E-state index contributed by atoms with van der Waals surface area (Å²) in [6.45, 7) is 5.03. The van der Waals surface area contributed by atoms with Gasteiger partial charge >= 0.3 is 6.09 Å². The average Bonchev–Trinajstić information content (AvgIpc) is 2.87. The second-order valence-electron chi connectivity index (χ2n) is 4.64. The Morgan fingerprint density at radius 1 is 1.38 bits per heavy atom. The number of piperazine rings is 1. The highest BCUT2D eigenvalue weighted by Crippen LogP contribution is 2.34. The van der Waals surface area contributed by atoms with E-state index in [2.05, 4.69) is 30.8 Å². The Morgan fingerprint density at radius 3 is 2.86 bits per heavy atom. The van der Waals surface area contributed by atoms with Crippen LogP contribution >= 0.6 is 27.3 Å². The molecule has 3 heterocycles. The van der Waals surface area contributed by atoms with Crippen LogP contribution < -0.4 is 4.90 Å². The molecule has 1 fully saturated rings. The van der Waals surface area contributed by atoms with E-state index in [1.54, 1.807) is 22.6 Å². The van der Waals surface area contributed by atoms with Crippen LogP contribution in [-0.2, 0) is 4.74 Å². The molecule has 0 aromatic carbocycles. The zero-order chi connectivity index (χ0) is 14.8. The summed E-state index contributed by atoms with van der Waals surface area (Å²) in [6, 6.07) is 2.00. The van der Waals surface area contributed by atoms with E-state index in [-0.39, 0.29) is 6.09 Å². The second kappa shape index (κ2) is 6.15. The number of carbonyl (C=O) groups is 1. The number of hydrogen-bond acceptors (Lipinski definition) is 6. The van der Waals surface area contributed by atoms with Crippen LogP contribution in [0.4, 0.5) is 10.6 Å². The number of nitrogens with zero attached hydrogens (tertiary/aromatic N) is 4. The monoisotopic (exact) mass is 370 g/mol. The molecule has 2 aromatic rings. The van der Waals surface area contributed by atoms with E-state index in [9.17, 15) is 4.79 Å². The first kappa shape index (κ1) is 14.5. The normalized spacial score (nSPS) is 15.5. The van der Waals surface area contributed by atoms with E-state index in [0.29, 0.717) is 19.7 Å². The maximum absolute atomic E-state index is 11.7. The minimum absolute atomic E-state index is 0.233. The molecule has 0 atom stereocenters. The third kappa shape index (κ3) is 2.96. The summed E-state index contributed by atoms with van der Waals surface area (Å²) in [5.41, 5.74) is 0.949. The van der Waals surface area contributed by atoms with Crippen LogP contribution in [0.5, 0.6) is 0 Å². The van der Waals surface area contributed by atoms with E-state index < -0.39 is 0 Å². The number of amides is 1. The Labute approximate surface area is 134 Å². The number of aromatic nitrogens is 2. The summed E-state index contributed by atoms with van der Waals surface area (Å²) in [5, 5.41) is 0. The smallest absolute Gasteiger partial charge is 0.409 e. The molecule has 0 spiro atoms. The number of fused-ring (bicyclic) bond motifs is 1. The van der Waals surface area contributed by atoms with Crippen molar-refractivity contribution in [2.24, 2.45) is 0 Å². The van der Waals surface area contributed by atoms with Gasteiger partial charge in [0, 0.05) is 26.2 Å². The van der Waals surface area contributed by atoms with Crippen LogP contribution in [0.2, 0.25) is 0 Å². The zero-order valence-corrected chi connectivity index (χ0v) is 14.0. The first-order valence-electron chi connectivity index (χ1n) is 6.75. The standard InChI is InChI=1S/C13H15BrN4O2S/c1-2-20-13(19)18-5-3-17(4-6-18)12-11-9(15-8-16-12)7-10(14)21-11/h7-8H,2-6H2,1H3. The van der Waals surface area contributed by atoms with Crippen LogP contribution in [0, 0.1) is 0 Å². The molecule has 112 valence electrons. The molecule has 3 rings (SSSR count). The van der Waals surface area contributed by atoms with Crippen molar-refractivity contribution in [1.29, 1.82) is 0 Å². The van der Waals surface area contributed by atoms with Gasteiger partial charge < -0.3 is 14.5 Å². The highest BCUT2D eigenvalue weighted by Gasteiger charge is 2.24. The van der Waals surface area contributed by atoms with Crippen molar-refractivity contribution in [3.8, 4) is 0 Å². The Kier molecular flexibility index (Phi) is 4.25. The van der Waals surface area contributed by atoms with Gasteiger partial charge in [0.2, 0.25) is 0 Å². The molecular weight excluding hydrogens is 356 g/mol. The van der Waals surface area contributed by atoms with Crippen LogP contribution in [0.3, 0.4) is 0 Å². The lowest BCUT2D eigenvalue weighted by Gasteiger charge is -2.34. The van der Waals surface area contributed by atoms with Gasteiger partial charge in [0.25, 0.3) is 0 Å². The number of thiophene rings is 1. The van der Waals surface area contributed by atoms with Gasteiger partial charge in [-0.05, 0) is 28.9 Å². The van der Waals surface area contributed by atoms with Gasteiger partial charge in [-0.2, -0.15) is 0 Å². The molecule has 0 aliphatic carbocycles. The van der Waals surface area contributed by atoms with Crippen LogP contribution in [-0.4, -0.2) is 53.7 Å². The van der Waals surface area contributed by atoms with E-state index in [1.165, 1.54) is 0 Å². The third-order valence-electron chi connectivity index (χ3n) is 3.37. The Morgan fingerprint density at radius 2 is 2.14 bits per heavy atom. The Bertz CT molecular complexity index is 655. The molecule has 0 N–H and O–H groups in total. The van der Waals surface area contributed by atoms with Crippen molar-refractivity contribution in [2.45, 2.75) is 6.92 Å². The number of rotatable bonds is 2. The summed E-state index contributed by atoms with van der Waals surface area (Å²) in [4.78, 5) is 24.4. The number of carbonyl (C=O) groups excluding carboxylic acids is 1. The van der Waals surface area contributed by atoms with Gasteiger partial charge in [0.1, 0.15) is 12.1 Å². The van der Waals surface area contributed by atoms with Crippen molar-refractivity contribution in [2.75, 3.05) is 37.7 Å². The van der Waals surface area contributed by atoms with Crippen molar-refractivity contribution < 1.29 is 9.53 Å². The van der Waals surface area contributed by atoms with Gasteiger partial charge in [-0.1, -0.05) is 0 Å². The maximum Gasteiger partial charge on any atom is 0.409 e. The van der Waals surface area contributed by atoms with E-state index in [1.807, 2.05) is 13.0 Å². The minimum atomic E-state index is -0.233. The van der Waals surface area contributed by atoms with Gasteiger partial charge in [-0.3, -0.25) is 0 Å². The number of ether oxygens (including phenoxy) is 1. The summed E-state index contributed by atoms with van der Waals surface area (Å²) >= 11 is 5.12. The SMILES string of the molecule is CCOC(=O)N1CCN(c2ncnc3cc(Br)sc23)CC1. The van der Waals surface area contributed by atoms with E-state index in [4.69, 9.17) is 4.74 Å². The first-order valence-corrected chi connectivity index (χ1v) is 8.36. The molecule has 0 saturated carbocycles. The number of anilines is 1. The molecule has 21 heavy (non-hydrogen) atoms. The summed E-state index contributed by atoms with van der Waals surface area (Å²) < 4.78 is 7.16. The summed E-state index contributed by atoms with van der Waals surface area (Å²) in [6.07, 6.45) is 1.36. The molecule has 2 aromatic heterocycles. The lowest BCUT2D eigenvalue weighted by Crippen LogP contribution is -2.49. The average molecular weight is 371 g/mol. The second-order valence-corrected chi connectivity index (χ2v) is 7.07. The summed E-state index contributed by atoms with van der Waals surface area (Å²) in [7, 11) is 0. The molecule has 1 amide bonds. The predicted octanol–water partition coefficient (Wildman–Crippen LogP) is 2.73. The molecule has 1 saturated heterocycles. The fourth-order valence-electron chi connectivity index (χ4n) is 2.35. The first-order chi connectivity index (χ1) is 10.2. The predicted molar refractivity (Wildman–Crippen MR) is 85.9 cm³/mol. The van der Waals surface area contributed by atoms with Gasteiger partial charge in [-0.25, -0.2) is 14.8 Å². The van der Waals surface area contributed by atoms with Gasteiger partial charge in [0.15, 0.2) is 0 Å². The number of hydrogen-bond donors (Lipinski definition) is 0. The molecule has 0 unspecified atom stereocenters. The zero-order valence-electron chi connectivity index (χ0n) is 11.6. The quantitative estimate of drug-likeness (QED) is 0.813. The van der Waals surface area contributed by atoms with Gasteiger partial charge in [0.05, 0.1) is 20.6 Å². The molecular formula is C13H15BrN4O2S. The molecule has 0 bridgehead atoms. The minimum Gasteiger partial charge on any atom is -0.450 e. The molecule has 1 aliphatic rings. The third-order valence-corrected chi connectivity index (χ3v) is 4.99. The lowest BCUT2D eigenvalue weighted by molar-refractivity contribution is 0.105. The summed E-state index contributed by atoms with van der Waals surface area (Å²) in [5.74, 6) is 0.944. The highest BCUT2D eigenvalue weighted by molar-refractivity contribution is 9.11. The molecule has 8 heteroatoms. The van der Waals surface area contributed by atoms with Crippen LogP contribution in [0.1, 0.15) is 6.92 Å². The molecule has 6 nitrogen and oxygen atoms in total.